The van der Waals surface area contributed by atoms with E-state index in [9.17, 15) is 0 Å². The number of rotatable bonds is 1. The van der Waals surface area contributed by atoms with Gasteiger partial charge >= 0.3 is 0 Å². The smallest absolute Gasteiger partial charge is 0.129 e. The van der Waals surface area contributed by atoms with Crippen molar-refractivity contribution in [2.24, 2.45) is 0 Å². The summed E-state index contributed by atoms with van der Waals surface area (Å²) < 4.78 is 0. The molecule has 0 unspecified atom stereocenters. The molecule has 3 nitrogen and oxygen atoms in total. The molecule has 4 heteroatoms. The molecule has 0 bridgehead atoms. The zero-order chi connectivity index (χ0) is 9.97. The van der Waals surface area contributed by atoms with Crippen molar-refractivity contribution >= 4 is 17.3 Å². The van der Waals surface area contributed by atoms with Crippen LogP contribution in [0, 0.1) is 0 Å². The van der Waals surface area contributed by atoms with Crippen molar-refractivity contribution in [3.8, 4) is 0 Å². The predicted molar refractivity (Wildman–Crippen MR) is 59.0 cm³/mol. The molecule has 0 N–H and O–H groups in total. The summed E-state index contributed by atoms with van der Waals surface area (Å²) in [5.41, 5.74) is 1.17. The highest BCUT2D eigenvalue weighted by atomic mass is 35.5. The van der Waals surface area contributed by atoms with E-state index >= 15 is 0 Å². The van der Waals surface area contributed by atoms with Crippen molar-refractivity contribution < 1.29 is 0 Å². The van der Waals surface area contributed by atoms with E-state index in [4.69, 9.17) is 11.6 Å². The Morgan fingerprint density at radius 3 is 2.50 bits per heavy atom. The van der Waals surface area contributed by atoms with E-state index in [0.717, 1.165) is 26.2 Å². The first-order valence-electron chi connectivity index (χ1n) is 4.81. The molecule has 0 saturated carbocycles. The lowest BCUT2D eigenvalue weighted by Crippen LogP contribution is -2.44. The minimum atomic E-state index is 0.558. The highest BCUT2D eigenvalue weighted by Crippen LogP contribution is 2.16. The molecule has 1 aliphatic heterocycles. The van der Waals surface area contributed by atoms with Crippen molar-refractivity contribution in [2.75, 3.05) is 38.1 Å². The van der Waals surface area contributed by atoms with Crippen molar-refractivity contribution in [3.63, 3.8) is 0 Å². The Kier molecular flexibility index (Phi) is 2.89. The molecule has 2 heterocycles. The number of nitrogens with zero attached hydrogens (tertiary/aromatic N) is 3. The van der Waals surface area contributed by atoms with Crippen LogP contribution in [0.15, 0.2) is 18.3 Å². The van der Waals surface area contributed by atoms with Gasteiger partial charge in [0, 0.05) is 26.2 Å². The van der Waals surface area contributed by atoms with Gasteiger partial charge in [-0.15, -0.1) is 0 Å². The Balaban J connectivity index is 2.05. The summed E-state index contributed by atoms with van der Waals surface area (Å²) in [7, 11) is 2.15. The molecule has 1 aromatic heterocycles. The van der Waals surface area contributed by atoms with Crippen LogP contribution in [0.1, 0.15) is 0 Å². The fraction of sp³-hybridized carbons (Fsp3) is 0.500. The fourth-order valence-electron chi connectivity index (χ4n) is 1.62. The van der Waals surface area contributed by atoms with E-state index in [1.54, 1.807) is 0 Å². The third-order valence-corrected chi connectivity index (χ3v) is 2.80. The second-order valence-electron chi connectivity index (χ2n) is 3.63. The molecule has 1 saturated heterocycles. The summed E-state index contributed by atoms with van der Waals surface area (Å²) in [4.78, 5) is 8.75. The lowest BCUT2D eigenvalue weighted by molar-refractivity contribution is 0.313. The van der Waals surface area contributed by atoms with Crippen LogP contribution in [0.2, 0.25) is 5.15 Å². The molecule has 0 spiro atoms. The molecule has 14 heavy (non-hydrogen) atoms. The molecular formula is C10H14ClN3. The van der Waals surface area contributed by atoms with Crippen LogP contribution in [0.4, 0.5) is 5.69 Å². The first-order chi connectivity index (χ1) is 6.75. The van der Waals surface area contributed by atoms with Crippen LogP contribution < -0.4 is 4.90 Å². The minimum absolute atomic E-state index is 0.558. The standard InChI is InChI=1S/C10H14ClN3/c1-13-4-6-14(7-5-13)9-2-3-10(11)12-8-9/h2-3,8H,4-7H2,1H3. The fourth-order valence-corrected chi connectivity index (χ4v) is 1.73. The first-order valence-corrected chi connectivity index (χ1v) is 5.18. The average molecular weight is 212 g/mol. The van der Waals surface area contributed by atoms with Crippen LogP contribution in [-0.4, -0.2) is 43.1 Å². The molecule has 76 valence electrons. The maximum atomic E-state index is 5.74. The van der Waals surface area contributed by atoms with E-state index in [1.807, 2.05) is 18.3 Å². The summed E-state index contributed by atoms with van der Waals surface area (Å²) in [5, 5.41) is 0.558. The van der Waals surface area contributed by atoms with Crippen LogP contribution in [0.25, 0.3) is 0 Å². The van der Waals surface area contributed by atoms with Gasteiger partial charge < -0.3 is 9.80 Å². The number of pyridine rings is 1. The van der Waals surface area contributed by atoms with Gasteiger partial charge in [-0.1, -0.05) is 11.6 Å². The Hall–Kier alpha value is -0.800. The molecule has 0 aromatic carbocycles. The minimum Gasteiger partial charge on any atom is -0.368 e. The second-order valence-corrected chi connectivity index (χ2v) is 4.02. The molecule has 1 aromatic rings. The van der Waals surface area contributed by atoms with Crippen LogP contribution in [0.3, 0.4) is 0 Å². The van der Waals surface area contributed by atoms with E-state index < -0.39 is 0 Å². The molecule has 0 amide bonds. The molecule has 0 atom stereocenters. The molecule has 1 fully saturated rings. The second kappa shape index (κ2) is 4.15. The topological polar surface area (TPSA) is 19.4 Å². The Morgan fingerprint density at radius 2 is 1.93 bits per heavy atom. The number of hydrogen-bond donors (Lipinski definition) is 0. The summed E-state index contributed by atoms with van der Waals surface area (Å²) in [5.74, 6) is 0. The number of hydrogen-bond acceptors (Lipinski definition) is 3. The Labute approximate surface area is 89.3 Å². The van der Waals surface area contributed by atoms with Crippen molar-refractivity contribution in [1.29, 1.82) is 0 Å². The summed E-state index contributed by atoms with van der Waals surface area (Å²) >= 11 is 5.74. The third kappa shape index (κ3) is 2.16. The van der Waals surface area contributed by atoms with Crippen LogP contribution >= 0.6 is 11.6 Å². The van der Waals surface area contributed by atoms with Crippen LogP contribution in [-0.2, 0) is 0 Å². The Morgan fingerprint density at radius 1 is 1.21 bits per heavy atom. The van der Waals surface area contributed by atoms with Crippen molar-refractivity contribution in [3.05, 3.63) is 23.5 Å². The molecule has 1 aliphatic rings. The lowest BCUT2D eigenvalue weighted by atomic mass is 10.3. The van der Waals surface area contributed by atoms with Gasteiger partial charge in [-0.25, -0.2) is 4.98 Å². The van der Waals surface area contributed by atoms with Gasteiger partial charge in [-0.2, -0.15) is 0 Å². The Bertz CT molecular complexity index is 291. The summed E-state index contributed by atoms with van der Waals surface area (Å²) in [6, 6.07) is 3.87. The number of anilines is 1. The first kappa shape index (κ1) is 9.74. The third-order valence-electron chi connectivity index (χ3n) is 2.58. The molecule has 0 aliphatic carbocycles. The normalized spacial score (nSPS) is 18.6. The monoisotopic (exact) mass is 211 g/mol. The maximum Gasteiger partial charge on any atom is 0.129 e. The predicted octanol–water partition coefficient (Wildman–Crippen LogP) is 1.49. The summed E-state index contributed by atoms with van der Waals surface area (Å²) in [6.07, 6.45) is 1.84. The molecular weight excluding hydrogens is 198 g/mol. The van der Waals surface area contributed by atoms with Gasteiger partial charge in [-0.3, -0.25) is 0 Å². The van der Waals surface area contributed by atoms with Crippen molar-refractivity contribution in [1.82, 2.24) is 9.88 Å². The quantitative estimate of drug-likeness (QED) is 0.657. The van der Waals surface area contributed by atoms with Gasteiger partial charge in [0.05, 0.1) is 11.9 Å². The van der Waals surface area contributed by atoms with Crippen LogP contribution in [0.5, 0.6) is 0 Å². The van der Waals surface area contributed by atoms with E-state index in [-0.39, 0.29) is 0 Å². The number of piperazine rings is 1. The highest BCUT2D eigenvalue weighted by molar-refractivity contribution is 6.29. The summed E-state index contributed by atoms with van der Waals surface area (Å²) in [6.45, 7) is 4.37. The highest BCUT2D eigenvalue weighted by Gasteiger charge is 2.13. The van der Waals surface area contributed by atoms with Gasteiger partial charge in [0.2, 0.25) is 0 Å². The van der Waals surface area contributed by atoms with E-state index in [2.05, 4.69) is 21.8 Å². The molecule has 0 radical (unpaired) electrons. The van der Waals surface area contributed by atoms with E-state index in [1.165, 1.54) is 5.69 Å². The zero-order valence-corrected chi connectivity index (χ0v) is 9.04. The van der Waals surface area contributed by atoms with Crippen molar-refractivity contribution in [2.45, 2.75) is 0 Å². The van der Waals surface area contributed by atoms with Gasteiger partial charge in [-0.05, 0) is 19.2 Å². The van der Waals surface area contributed by atoms with Gasteiger partial charge in [0.25, 0.3) is 0 Å². The SMILES string of the molecule is CN1CCN(c2ccc(Cl)nc2)CC1. The maximum absolute atomic E-state index is 5.74. The number of aromatic nitrogens is 1. The molecule has 2 rings (SSSR count). The van der Waals surface area contributed by atoms with E-state index in [0.29, 0.717) is 5.15 Å². The zero-order valence-electron chi connectivity index (χ0n) is 8.28. The lowest BCUT2D eigenvalue weighted by Gasteiger charge is -2.33. The average Bonchev–Trinajstić information content (AvgIpc) is 2.21. The van der Waals surface area contributed by atoms with Gasteiger partial charge in [0.15, 0.2) is 0 Å². The number of likely N-dealkylation sites (N-methyl/N-ethyl adjacent to an activating group) is 1. The van der Waals surface area contributed by atoms with Gasteiger partial charge in [0.1, 0.15) is 5.15 Å². The largest absolute Gasteiger partial charge is 0.368 e. The number of halogens is 1.